The molecule has 0 aliphatic carbocycles. The van der Waals surface area contributed by atoms with Crippen molar-refractivity contribution in [2.45, 2.75) is 13.3 Å². The molecule has 0 amide bonds. The average molecular weight is 370 g/mol. The van der Waals surface area contributed by atoms with Crippen LogP contribution in [0, 0.1) is 5.95 Å². The van der Waals surface area contributed by atoms with Crippen LogP contribution in [0.2, 0.25) is 0 Å². The SMILES string of the molecule is CCC(=O)Oc1cc(N=Nc2cc(F)n(C)n2)c(=O)oc1-c1ccccc1. The second-order valence-corrected chi connectivity index (χ2v) is 5.45. The molecule has 0 spiro atoms. The van der Waals surface area contributed by atoms with E-state index in [-0.39, 0.29) is 29.4 Å². The van der Waals surface area contributed by atoms with Gasteiger partial charge in [-0.3, -0.25) is 4.79 Å². The molecule has 3 aromatic rings. The number of aryl methyl sites for hydroxylation is 1. The van der Waals surface area contributed by atoms with Crippen molar-refractivity contribution in [2.75, 3.05) is 0 Å². The molecule has 9 heteroatoms. The number of esters is 1. The van der Waals surface area contributed by atoms with Gasteiger partial charge in [-0.2, -0.15) is 4.39 Å². The second kappa shape index (κ2) is 7.73. The molecule has 27 heavy (non-hydrogen) atoms. The highest BCUT2D eigenvalue weighted by Crippen LogP contribution is 2.32. The Hall–Kier alpha value is -3.62. The van der Waals surface area contributed by atoms with Crippen LogP contribution >= 0.6 is 0 Å². The van der Waals surface area contributed by atoms with Gasteiger partial charge in [0.15, 0.2) is 23.0 Å². The van der Waals surface area contributed by atoms with Gasteiger partial charge in [0.1, 0.15) is 0 Å². The first-order valence-corrected chi connectivity index (χ1v) is 8.03. The van der Waals surface area contributed by atoms with E-state index in [2.05, 4.69) is 15.3 Å². The molecular weight excluding hydrogens is 355 g/mol. The molecule has 0 aliphatic heterocycles. The molecule has 0 unspecified atom stereocenters. The lowest BCUT2D eigenvalue weighted by Gasteiger charge is -2.08. The largest absolute Gasteiger partial charge is 0.422 e. The van der Waals surface area contributed by atoms with Crippen LogP contribution in [0.15, 0.2) is 61.9 Å². The zero-order valence-electron chi connectivity index (χ0n) is 14.5. The number of hydrogen-bond acceptors (Lipinski definition) is 7. The Kier molecular flexibility index (Phi) is 5.20. The van der Waals surface area contributed by atoms with Gasteiger partial charge in [-0.25, -0.2) is 9.48 Å². The fourth-order valence-corrected chi connectivity index (χ4v) is 2.16. The molecule has 0 radical (unpaired) electrons. The zero-order valence-corrected chi connectivity index (χ0v) is 14.5. The van der Waals surface area contributed by atoms with Gasteiger partial charge in [0.05, 0.1) is 0 Å². The Morgan fingerprint density at radius 3 is 2.63 bits per heavy atom. The zero-order chi connectivity index (χ0) is 19.4. The van der Waals surface area contributed by atoms with Gasteiger partial charge in [0, 0.05) is 31.2 Å². The highest BCUT2D eigenvalue weighted by Gasteiger charge is 2.17. The van der Waals surface area contributed by atoms with Crippen molar-refractivity contribution >= 4 is 17.5 Å². The topological polar surface area (TPSA) is 99.0 Å². The van der Waals surface area contributed by atoms with Crippen LogP contribution in [-0.2, 0) is 11.8 Å². The number of rotatable bonds is 5. The van der Waals surface area contributed by atoms with E-state index in [4.69, 9.17) is 9.15 Å². The first-order chi connectivity index (χ1) is 13.0. The maximum atomic E-state index is 13.3. The first-order valence-electron chi connectivity index (χ1n) is 8.03. The van der Waals surface area contributed by atoms with Crippen molar-refractivity contribution < 1.29 is 18.3 Å². The van der Waals surface area contributed by atoms with Gasteiger partial charge in [-0.05, 0) is 0 Å². The van der Waals surface area contributed by atoms with Crippen LogP contribution in [0.25, 0.3) is 11.3 Å². The summed E-state index contributed by atoms with van der Waals surface area (Å²) in [6.45, 7) is 1.64. The van der Waals surface area contributed by atoms with E-state index in [0.29, 0.717) is 5.56 Å². The highest BCUT2D eigenvalue weighted by atomic mass is 19.1. The molecule has 0 N–H and O–H groups in total. The Balaban J connectivity index is 2.04. The molecule has 0 saturated carbocycles. The standard InChI is InChI=1S/C18H15FN4O4/c1-3-16(24)26-13-9-12(20-21-15-10-14(19)23(2)22-15)18(25)27-17(13)11-7-5-4-6-8-11/h4-10H,3H2,1-2H3. The van der Waals surface area contributed by atoms with E-state index in [0.717, 1.165) is 10.7 Å². The van der Waals surface area contributed by atoms with Crippen LogP contribution in [-0.4, -0.2) is 15.7 Å². The average Bonchev–Trinajstić information content (AvgIpc) is 3.00. The summed E-state index contributed by atoms with van der Waals surface area (Å²) in [5.74, 6) is -0.989. The van der Waals surface area contributed by atoms with Gasteiger partial charge in [0.2, 0.25) is 5.95 Å². The third kappa shape index (κ3) is 4.14. The normalized spacial score (nSPS) is 11.1. The highest BCUT2D eigenvalue weighted by molar-refractivity contribution is 5.76. The summed E-state index contributed by atoms with van der Waals surface area (Å²) >= 11 is 0. The van der Waals surface area contributed by atoms with E-state index in [9.17, 15) is 14.0 Å². The maximum absolute atomic E-state index is 13.3. The lowest BCUT2D eigenvalue weighted by molar-refractivity contribution is -0.134. The number of azo groups is 1. The summed E-state index contributed by atoms with van der Waals surface area (Å²) in [6, 6.07) is 11.0. The third-order valence-electron chi connectivity index (χ3n) is 3.51. The summed E-state index contributed by atoms with van der Waals surface area (Å²) in [7, 11) is 1.40. The van der Waals surface area contributed by atoms with Crippen molar-refractivity contribution in [3.05, 3.63) is 58.8 Å². The second-order valence-electron chi connectivity index (χ2n) is 5.45. The Morgan fingerprint density at radius 1 is 1.26 bits per heavy atom. The van der Waals surface area contributed by atoms with Gasteiger partial charge in [-0.1, -0.05) is 37.3 Å². The smallest absolute Gasteiger partial charge is 0.364 e. The number of benzene rings is 1. The summed E-state index contributed by atoms with van der Waals surface area (Å²) < 4.78 is 24.8. The molecule has 8 nitrogen and oxygen atoms in total. The molecule has 3 rings (SSSR count). The lowest BCUT2D eigenvalue weighted by atomic mass is 10.1. The lowest BCUT2D eigenvalue weighted by Crippen LogP contribution is -2.09. The predicted octanol–water partition coefficient (Wildman–Crippen LogP) is 3.91. The molecule has 2 heterocycles. The Bertz CT molecular complexity index is 1040. The number of hydrogen-bond donors (Lipinski definition) is 0. The summed E-state index contributed by atoms with van der Waals surface area (Å²) in [6.07, 6.45) is 0.136. The van der Waals surface area contributed by atoms with Crippen molar-refractivity contribution in [3.63, 3.8) is 0 Å². The molecule has 0 aliphatic rings. The summed E-state index contributed by atoms with van der Waals surface area (Å²) in [5, 5.41) is 11.2. The molecule has 138 valence electrons. The van der Waals surface area contributed by atoms with Crippen LogP contribution in [0.1, 0.15) is 13.3 Å². The first kappa shape index (κ1) is 18.2. The minimum absolute atomic E-state index is 0.0198. The number of carbonyl (C=O) groups excluding carboxylic acids is 1. The molecular formula is C18H15FN4O4. The van der Waals surface area contributed by atoms with Crippen molar-refractivity contribution in [2.24, 2.45) is 17.3 Å². The predicted molar refractivity (Wildman–Crippen MR) is 93.7 cm³/mol. The number of carbonyl (C=O) groups is 1. The minimum Gasteiger partial charge on any atom is -0.422 e. The monoisotopic (exact) mass is 370 g/mol. The number of ether oxygens (including phenoxy) is 1. The number of halogens is 1. The molecule has 0 saturated heterocycles. The van der Waals surface area contributed by atoms with E-state index in [1.54, 1.807) is 37.3 Å². The van der Waals surface area contributed by atoms with Crippen LogP contribution in [0.5, 0.6) is 5.75 Å². The van der Waals surface area contributed by atoms with Gasteiger partial charge < -0.3 is 9.15 Å². The van der Waals surface area contributed by atoms with Crippen LogP contribution < -0.4 is 10.4 Å². The quantitative estimate of drug-likeness (QED) is 0.501. The van der Waals surface area contributed by atoms with Gasteiger partial charge in [0.25, 0.3) is 0 Å². The molecule has 1 aromatic carbocycles. The van der Waals surface area contributed by atoms with Crippen molar-refractivity contribution in [1.82, 2.24) is 9.78 Å². The Labute approximate surface area is 152 Å². The summed E-state index contributed by atoms with van der Waals surface area (Å²) in [5.41, 5.74) is -0.436. The van der Waals surface area contributed by atoms with E-state index < -0.39 is 17.5 Å². The van der Waals surface area contributed by atoms with E-state index in [1.165, 1.54) is 13.1 Å². The van der Waals surface area contributed by atoms with Gasteiger partial charge in [-0.15, -0.1) is 15.3 Å². The molecule has 0 bridgehead atoms. The number of aromatic nitrogens is 2. The fraction of sp³-hybridized carbons (Fsp3) is 0.167. The van der Waals surface area contributed by atoms with E-state index in [1.807, 2.05) is 0 Å². The van der Waals surface area contributed by atoms with Crippen molar-refractivity contribution in [1.29, 1.82) is 0 Å². The molecule has 0 atom stereocenters. The summed E-state index contributed by atoms with van der Waals surface area (Å²) in [4.78, 5) is 24.0. The van der Waals surface area contributed by atoms with Crippen molar-refractivity contribution in [3.8, 4) is 17.1 Å². The number of nitrogens with zero attached hydrogens (tertiary/aromatic N) is 4. The van der Waals surface area contributed by atoms with Gasteiger partial charge >= 0.3 is 11.6 Å². The third-order valence-corrected chi connectivity index (χ3v) is 3.51. The Morgan fingerprint density at radius 2 is 2.00 bits per heavy atom. The fourth-order valence-electron chi connectivity index (χ4n) is 2.16. The minimum atomic E-state index is -0.787. The van der Waals surface area contributed by atoms with E-state index >= 15 is 0 Å². The molecule has 2 aromatic heterocycles. The maximum Gasteiger partial charge on any atom is 0.364 e. The van der Waals surface area contributed by atoms with Crippen LogP contribution in [0.4, 0.5) is 15.9 Å². The molecule has 0 fully saturated rings. The van der Waals surface area contributed by atoms with Crippen LogP contribution in [0.3, 0.4) is 0 Å².